The van der Waals surface area contributed by atoms with E-state index in [9.17, 15) is 10.1 Å². The maximum Gasteiger partial charge on any atom is 0.271 e. The fraction of sp³-hybridized carbons (Fsp3) is 0. The van der Waals surface area contributed by atoms with E-state index in [0.29, 0.717) is 4.47 Å². The summed E-state index contributed by atoms with van der Waals surface area (Å²) >= 11 is 4.78. The van der Waals surface area contributed by atoms with E-state index in [1.54, 1.807) is 6.07 Å². The van der Waals surface area contributed by atoms with Gasteiger partial charge in [0.1, 0.15) is 0 Å². The summed E-state index contributed by atoms with van der Waals surface area (Å²) < 4.78 is 0.713. The van der Waals surface area contributed by atoms with Gasteiger partial charge in [-0.3, -0.25) is 10.1 Å². The molecule has 2 aromatic carbocycles. The normalized spacial score (nSPS) is 10.2. The molecule has 5 heteroatoms. The number of halogens is 1. The highest BCUT2D eigenvalue weighted by molar-refractivity contribution is 9.10. The van der Waals surface area contributed by atoms with E-state index >= 15 is 0 Å². The lowest BCUT2D eigenvalue weighted by Gasteiger charge is -2.02. The van der Waals surface area contributed by atoms with Crippen LogP contribution in [0.15, 0.2) is 62.8 Å². The first-order valence-corrected chi connectivity index (χ1v) is 6.44. The first kappa shape index (κ1) is 12.1. The fourth-order valence-corrected chi connectivity index (χ4v) is 2.90. The Bertz CT molecular complexity index is 545. The van der Waals surface area contributed by atoms with Crippen molar-refractivity contribution in [3.63, 3.8) is 0 Å². The molecule has 0 amide bonds. The molecule has 0 aromatic heterocycles. The van der Waals surface area contributed by atoms with Crippen molar-refractivity contribution in [1.29, 1.82) is 0 Å². The van der Waals surface area contributed by atoms with Gasteiger partial charge < -0.3 is 0 Å². The summed E-state index contributed by atoms with van der Waals surface area (Å²) in [7, 11) is 0. The van der Waals surface area contributed by atoms with Crippen LogP contribution in [0.4, 0.5) is 5.69 Å². The fourth-order valence-electron chi connectivity index (χ4n) is 1.34. The molecule has 0 bridgehead atoms. The van der Waals surface area contributed by atoms with Gasteiger partial charge in [0, 0.05) is 26.4 Å². The quantitative estimate of drug-likeness (QED) is 0.619. The average Bonchev–Trinajstić information content (AvgIpc) is 2.29. The predicted molar refractivity (Wildman–Crippen MR) is 71.4 cm³/mol. The number of nitrogens with zero attached hydrogens (tertiary/aromatic N) is 1. The van der Waals surface area contributed by atoms with E-state index < -0.39 is 0 Å². The Morgan fingerprint density at radius 2 is 1.76 bits per heavy atom. The molecule has 0 N–H and O–H groups in total. The third kappa shape index (κ3) is 3.31. The minimum atomic E-state index is -0.389. The standard InChI is InChI=1S/C12H8BrNO2S/c13-9-6-10(14(15)16)8-12(7-9)17-11-4-2-1-3-5-11/h1-8H. The van der Waals surface area contributed by atoms with E-state index in [1.807, 2.05) is 36.4 Å². The molecule has 0 saturated carbocycles. The summed E-state index contributed by atoms with van der Waals surface area (Å²) in [5.74, 6) is 0. The zero-order valence-electron chi connectivity index (χ0n) is 8.67. The Kier molecular flexibility index (Phi) is 3.81. The Labute approximate surface area is 111 Å². The Balaban J connectivity index is 2.30. The molecule has 0 aliphatic heterocycles. The van der Waals surface area contributed by atoms with Gasteiger partial charge in [0.2, 0.25) is 0 Å². The average molecular weight is 310 g/mol. The second-order valence-electron chi connectivity index (χ2n) is 3.32. The Hall–Kier alpha value is -1.33. The highest BCUT2D eigenvalue weighted by Gasteiger charge is 2.09. The van der Waals surface area contributed by atoms with Crippen molar-refractivity contribution in [1.82, 2.24) is 0 Å². The van der Waals surface area contributed by atoms with Crippen LogP contribution in [0, 0.1) is 10.1 Å². The molecule has 0 heterocycles. The van der Waals surface area contributed by atoms with Gasteiger partial charge in [0.05, 0.1) is 4.92 Å². The summed E-state index contributed by atoms with van der Waals surface area (Å²) in [4.78, 5) is 12.2. The smallest absolute Gasteiger partial charge is 0.258 e. The zero-order chi connectivity index (χ0) is 12.3. The Morgan fingerprint density at radius 3 is 2.41 bits per heavy atom. The van der Waals surface area contributed by atoms with Crippen molar-refractivity contribution in [3.8, 4) is 0 Å². The van der Waals surface area contributed by atoms with Crippen LogP contribution in [0.1, 0.15) is 0 Å². The van der Waals surface area contributed by atoms with Gasteiger partial charge in [-0.2, -0.15) is 0 Å². The third-order valence-electron chi connectivity index (χ3n) is 2.05. The number of hydrogen-bond acceptors (Lipinski definition) is 3. The van der Waals surface area contributed by atoms with Gasteiger partial charge in [0.15, 0.2) is 0 Å². The van der Waals surface area contributed by atoms with Crippen LogP contribution in [0.3, 0.4) is 0 Å². The summed E-state index contributed by atoms with van der Waals surface area (Å²) in [6.45, 7) is 0. The molecule has 0 saturated heterocycles. The van der Waals surface area contributed by atoms with Crippen LogP contribution in [0.25, 0.3) is 0 Å². The lowest BCUT2D eigenvalue weighted by molar-refractivity contribution is -0.385. The van der Waals surface area contributed by atoms with Crippen LogP contribution in [0.5, 0.6) is 0 Å². The lowest BCUT2D eigenvalue weighted by Crippen LogP contribution is -1.88. The molecular weight excluding hydrogens is 302 g/mol. The number of nitro benzene ring substituents is 1. The van der Waals surface area contributed by atoms with Gasteiger partial charge in [-0.15, -0.1) is 0 Å². The third-order valence-corrected chi connectivity index (χ3v) is 3.48. The largest absolute Gasteiger partial charge is 0.271 e. The van der Waals surface area contributed by atoms with Gasteiger partial charge in [-0.1, -0.05) is 45.9 Å². The minimum absolute atomic E-state index is 0.0952. The molecule has 0 atom stereocenters. The van der Waals surface area contributed by atoms with Gasteiger partial charge in [-0.05, 0) is 18.2 Å². The minimum Gasteiger partial charge on any atom is -0.258 e. The maximum atomic E-state index is 10.7. The topological polar surface area (TPSA) is 43.1 Å². The molecule has 0 unspecified atom stereocenters. The highest BCUT2D eigenvalue weighted by Crippen LogP contribution is 2.32. The molecule has 0 aliphatic carbocycles. The lowest BCUT2D eigenvalue weighted by atomic mass is 10.3. The van der Waals surface area contributed by atoms with Gasteiger partial charge in [0.25, 0.3) is 5.69 Å². The van der Waals surface area contributed by atoms with Crippen LogP contribution in [-0.2, 0) is 0 Å². The van der Waals surface area contributed by atoms with Crippen molar-refractivity contribution in [3.05, 3.63) is 63.1 Å². The van der Waals surface area contributed by atoms with E-state index in [0.717, 1.165) is 9.79 Å². The van der Waals surface area contributed by atoms with E-state index in [2.05, 4.69) is 15.9 Å². The molecule has 3 nitrogen and oxygen atoms in total. The summed E-state index contributed by atoms with van der Waals surface area (Å²) in [5.41, 5.74) is 0.0952. The number of hydrogen-bond donors (Lipinski definition) is 0. The first-order chi connectivity index (χ1) is 8.15. The van der Waals surface area contributed by atoms with E-state index in [-0.39, 0.29) is 10.6 Å². The molecule has 0 spiro atoms. The van der Waals surface area contributed by atoms with Crippen molar-refractivity contribution in [2.24, 2.45) is 0 Å². The Morgan fingerprint density at radius 1 is 1.06 bits per heavy atom. The summed E-state index contributed by atoms with van der Waals surface area (Å²) in [6.07, 6.45) is 0. The van der Waals surface area contributed by atoms with Crippen molar-refractivity contribution in [2.75, 3.05) is 0 Å². The first-order valence-electron chi connectivity index (χ1n) is 4.83. The van der Waals surface area contributed by atoms with Crippen molar-refractivity contribution in [2.45, 2.75) is 9.79 Å². The summed E-state index contributed by atoms with van der Waals surface area (Å²) in [5, 5.41) is 10.7. The second kappa shape index (κ2) is 5.33. The van der Waals surface area contributed by atoms with Crippen LogP contribution in [-0.4, -0.2) is 4.92 Å². The maximum absolute atomic E-state index is 10.7. The van der Waals surface area contributed by atoms with E-state index in [1.165, 1.54) is 17.8 Å². The molecule has 17 heavy (non-hydrogen) atoms. The van der Waals surface area contributed by atoms with Gasteiger partial charge >= 0.3 is 0 Å². The molecule has 86 valence electrons. The van der Waals surface area contributed by atoms with Gasteiger partial charge in [-0.25, -0.2) is 0 Å². The molecular formula is C12H8BrNO2S. The van der Waals surface area contributed by atoms with Crippen LogP contribution in [0.2, 0.25) is 0 Å². The van der Waals surface area contributed by atoms with Crippen molar-refractivity contribution < 1.29 is 4.92 Å². The number of benzene rings is 2. The second-order valence-corrected chi connectivity index (χ2v) is 5.38. The number of rotatable bonds is 3. The molecule has 2 aromatic rings. The summed E-state index contributed by atoms with van der Waals surface area (Å²) in [6, 6.07) is 14.7. The monoisotopic (exact) mass is 309 g/mol. The molecule has 0 fully saturated rings. The molecule has 0 radical (unpaired) electrons. The highest BCUT2D eigenvalue weighted by atomic mass is 79.9. The van der Waals surface area contributed by atoms with Crippen molar-refractivity contribution >= 4 is 33.4 Å². The predicted octanol–water partition coefficient (Wildman–Crippen LogP) is 4.51. The molecule has 0 aliphatic rings. The molecule has 2 rings (SSSR count). The number of non-ortho nitro benzene ring substituents is 1. The SMILES string of the molecule is O=[N+]([O-])c1cc(Br)cc(Sc2ccccc2)c1. The van der Waals surface area contributed by atoms with Crippen LogP contribution < -0.4 is 0 Å². The zero-order valence-corrected chi connectivity index (χ0v) is 11.1. The van der Waals surface area contributed by atoms with E-state index in [4.69, 9.17) is 0 Å². The number of nitro groups is 1. The van der Waals surface area contributed by atoms with Crippen LogP contribution >= 0.6 is 27.7 Å².